The smallest absolute Gasteiger partial charge is 0.338 e. The minimum Gasteiger partial charge on any atom is -0.495 e. The molecule has 0 unspecified atom stereocenters. The van der Waals surface area contributed by atoms with Crippen LogP contribution in [0.4, 0.5) is 0 Å². The normalized spacial score (nSPS) is 11.7. The molecule has 7 heteroatoms. The minimum absolute atomic E-state index is 0.0482. The number of benzene rings is 2. The molecule has 0 aromatic heterocycles. The Hall–Kier alpha value is -2.64. The van der Waals surface area contributed by atoms with E-state index in [-0.39, 0.29) is 22.8 Å². The molecule has 0 saturated carbocycles. The van der Waals surface area contributed by atoms with Gasteiger partial charge in [0.1, 0.15) is 17.3 Å². The zero-order chi connectivity index (χ0) is 20.6. The van der Waals surface area contributed by atoms with E-state index in [2.05, 4.69) is 0 Å². The van der Waals surface area contributed by atoms with Gasteiger partial charge in [0.2, 0.25) is 10.0 Å². The summed E-state index contributed by atoms with van der Waals surface area (Å²) >= 11 is 0. The summed E-state index contributed by atoms with van der Waals surface area (Å²) < 4.78 is 37.4. The largest absolute Gasteiger partial charge is 0.495 e. The van der Waals surface area contributed by atoms with Crippen LogP contribution in [0.2, 0.25) is 0 Å². The second kappa shape index (κ2) is 10.1. The van der Waals surface area contributed by atoms with Crippen LogP contribution < -0.4 is 4.74 Å². The van der Waals surface area contributed by atoms with Gasteiger partial charge < -0.3 is 9.47 Å². The van der Waals surface area contributed by atoms with Crippen LogP contribution in [0.3, 0.4) is 0 Å². The van der Waals surface area contributed by atoms with Crippen LogP contribution in [0.5, 0.6) is 5.75 Å². The zero-order valence-corrected chi connectivity index (χ0v) is 17.1. The van der Waals surface area contributed by atoms with Gasteiger partial charge >= 0.3 is 5.97 Å². The Balaban J connectivity index is 2.17. The number of rotatable bonds is 9. The van der Waals surface area contributed by atoms with Crippen LogP contribution in [-0.4, -0.2) is 45.5 Å². The first-order valence-corrected chi connectivity index (χ1v) is 10.4. The van der Waals surface area contributed by atoms with Crippen molar-refractivity contribution in [3.63, 3.8) is 0 Å². The summed E-state index contributed by atoms with van der Waals surface area (Å²) in [7, 11) is -2.38. The molecular weight excluding hydrogens is 378 g/mol. The predicted molar refractivity (Wildman–Crippen MR) is 109 cm³/mol. The van der Waals surface area contributed by atoms with E-state index in [1.165, 1.54) is 29.6 Å². The SMILES string of the molecule is CCN(CC)S(=O)(=O)c1cc(C(=O)OC/C=C/c2ccccc2)ccc1OC. The molecule has 0 bridgehead atoms. The zero-order valence-electron chi connectivity index (χ0n) is 16.3. The lowest BCUT2D eigenvalue weighted by molar-refractivity contribution is 0.0549. The minimum atomic E-state index is -3.77. The lowest BCUT2D eigenvalue weighted by Gasteiger charge is -2.20. The van der Waals surface area contributed by atoms with E-state index in [1.54, 1.807) is 19.9 Å². The summed E-state index contributed by atoms with van der Waals surface area (Å²) in [6.45, 7) is 4.23. The highest BCUT2D eigenvalue weighted by atomic mass is 32.2. The molecule has 6 nitrogen and oxygen atoms in total. The highest BCUT2D eigenvalue weighted by Crippen LogP contribution is 2.28. The van der Waals surface area contributed by atoms with Crippen molar-refractivity contribution < 1.29 is 22.7 Å². The third-order valence-corrected chi connectivity index (χ3v) is 6.21. The van der Waals surface area contributed by atoms with E-state index >= 15 is 0 Å². The van der Waals surface area contributed by atoms with Gasteiger partial charge in [-0.05, 0) is 29.8 Å². The van der Waals surface area contributed by atoms with Crippen molar-refractivity contribution in [1.82, 2.24) is 4.31 Å². The molecule has 0 spiro atoms. The molecule has 28 heavy (non-hydrogen) atoms. The molecule has 0 saturated heterocycles. The van der Waals surface area contributed by atoms with Gasteiger partial charge in [-0.25, -0.2) is 13.2 Å². The molecule has 0 aliphatic heterocycles. The van der Waals surface area contributed by atoms with Crippen molar-refractivity contribution in [2.45, 2.75) is 18.7 Å². The van der Waals surface area contributed by atoms with Crippen molar-refractivity contribution in [2.24, 2.45) is 0 Å². The lowest BCUT2D eigenvalue weighted by atomic mass is 10.2. The molecule has 0 N–H and O–H groups in total. The lowest BCUT2D eigenvalue weighted by Crippen LogP contribution is -2.31. The number of sulfonamides is 1. The van der Waals surface area contributed by atoms with Crippen molar-refractivity contribution in [2.75, 3.05) is 26.8 Å². The summed E-state index contributed by atoms with van der Waals surface area (Å²) in [5.41, 5.74) is 1.15. The summed E-state index contributed by atoms with van der Waals surface area (Å²) in [4.78, 5) is 12.3. The molecule has 0 atom stereocenters. The third-order valence-electron chi connectivity index (χ3n) is 4.14. The van der Waals surface area contributed by atoms with Gasteiger partial charge in [-0.3, -0.25) is 0 Å². The summed E-state index contributed by atoms with van der Waals surface area (Å²) in [5, 5.41) is 0. The van der Waals surface area contributed by atoms with Crippen LogP contribution in [0, 0.1) is 0 Å². The fourth-order valence-corrected chi connectivity index (χ4v) is 4.30. The monoisotopic (exact) mass is 403 g/mol. The van der Waals surface area contributed by atoms with E-state index < -0.39 is 16.0 Å². The number of hydrogen-bond acceptors (Lipinski definition) is 5. The molecule has 0 radical (unpaired) electrons. The number of esters is 1. The van der Waals surface area contributed by atoms with Gasteiger partial charge in [-0.1, -0.05) is 50.3 Å². The van der Waals surface area contributed by atoms with Crippen LogP contribution >= 0.6 is 0 Å². The number of hydrogen-bond donors (Lipinski definition) is 0. The fraction of sp³-hybridized carbons (Fsp3) is 0.286. The number of ether oxygens (including phenoxy) is 2. The first-order valence-electron chi connectivity index (χ1n) is 9.00. The predicted octanol–water partition coefficient (Wildman–Crippen LogP) is 3.60. The van der Waals surface area contributed by atoms with Crippen molar-refractivity contribution in [3.05, 3.63) is 65.7 Å². The van der Waals surface area contributed by atoms with Gasteiger partial charge in [-0.2, -0.15) is 4.31 Å². The Labute approximate surface area is 166 Å². The number of carbonyl (C=O) groups excluding carboxylic acids is 1. The molecular formula is C21H25NO5S. The van der Waals surface area contributed by atoms with Crippen molar-refractivity contribution in [3.8, 4) is 5.75 Å². The topological polar surface area (TPSA) is 72.9 Å². The first kappa shape index (κ1) is 21.7. The highest BCUT2D eigenvalue weighted by molar-refractivity contribution is 7.89. The Morgan fingerprint density at radius 2 is 1.75 bits per heavy atom. The average molecular weight is 404 g/mol. The van der Waals surface area contributed by atoms with E-state index in [4.69, 9.17) is 9.47 Å². The van der Waals surface area contributed by atoms with Gasteiger partial charge in [0.15, 0.2) is 0 Å². The average Bonchev–Trinajstić information content (AvgIpc) is 2.72. The standard InChI is InChI=1S/C21H25NO5S/c1-4-22(5-2)28(24,25)20-16-18(13-14-19(20)26-3)21(23)27-15-9-12-17-10-7-6-8-11-17/h6-14,16H,4-5,15H2,1-3H3/b12-9+. The molecule has 0 amide bonds. The number of carbonyl (C=O) groups is 1. The Morgan fingerprint density at radius 3 is 2.36 bits per heavy atom. The van der Waals surface area contributed by atoms with Gasteiger partial charge in [0.25, 0.3) is 0 Å². The van der Waals surface area contributed by atoms with Crippen molar-refractivity contribution in [1.29, 1.82) is 0 Å². The Bertz CT molecular complexity index is 919. The molecule has 2 aromatic rings. The first-order chi connectivity index (χ1) is 13.4. The summed E-state index contributed by atoms with van der Waals surface area (Å²) in [6, 6.07) is 13.9. The maximum atomic E-state index is 12.8. The van der Waals surface area contributed by atoms with E-state index in [1.807, 2.05) is 36.4 Å². The van der Waals surface area contributed by atoms with Gasteiger partial charge in [0.05, 0.1) is 12.7 Å². The number of nitrogens with zero attached hydrogens (tertiary/aromatic N) is 1. The van der Waals surface area contributed by atoms with E-state index in [0.29, 0.717) is 13.1 Å². The Morgan fingerprint density at radius 1 is 1.07 bits per heavy atom. The maximum Gasteiger partial charge on any atom is 0.338 e. The van der Waals surface area contributed by atoms with Crippen LogP contribution in [-0.2, 0) is 14.8 Å². The summed E-state index contributed by atoms with van der Waals surface area (Å²) in [6.07, 6.45) is 3.57. The second-order valence-corrected chi connectivity index (χ2v) is 7.77. The third kappa shape index (κ3) is 5.21. The molecule has 0 aliphatic carbocycles. The maximum absolute atomic E-state index is 12.8. The van der Waals surface area contributed by atoms with Gasteiger partial charge in [-0.15, -0.1) is 0 Å². The quantitative estimate of drug-likeness (QED) is 0.598. The summed E-state index contributed by atoms with van der Waals surface area (Å²) in [5.74, 6) is -0.413. The van der Waals surface area contributed by atoms with Gasteiger partial charge in [0, 0.05) is 13.1 Å². The molecule has 150 valence electrons. The van der Waals surface area contributed by atoms with Crippen molar-refractivity contribution >= 4 is 22.1 Å². The molecule has 0 aliphatic rings. The molecule has 0 fully saturated rings. The molecule has 0 heterocycles. The Kier molecular flexibility index (Phi) is 7.78. The van der Waals surface area contributed by atoms with Crippen LogP contribution in [0.25, 0.3) is 6.08 Å². The van der Waals surface area contributed by atoms with E-state index in [0.717, 1.165) is 5.56 Å². The fourth-order valence-electron chi connectivity index (χ4n) is 2.66. The molecule has 2 rings (SSSR count). The number of methoxy groups -OCH3 is 1. The molecule has 2 aromatic carbocycles. The van der Waals surface area contributed by atoms with Crippen LogP contribution in [0.1, 0.15) is 29.8 Å². The second-order valence-electron chi connectivity index (χ2n) is 5.87. The van der Waals surface area contributed by atoms with Crippen LogP contribution in [0.15, 0.2) is 59.5 Å². The van der Waals surface area contributed by atoms with E-state index in [9.17, 15) is 13.2 Å². The highest BCUT2D eigenvalue weighted by Gasteiger charge is 2.27.